The second-order valence-corrected chi connectivity index (χ2v) is 4.42. The maximum Gasteiger partial charge on any atom is 0.314 e. The zero-order valence-corrected chi connectivity index (χ0v) is 8.00. The molecule has 2 nitrogen and oxygen atoms in total. The van der Waals surface area contributed by atoms with Crippen molar-refractivity contribution in [3.05, 3.63) is 0 Å². The SMILES string of the molecule is CCOC(=O)C1(C)CC1(Cl)Cl. The molecule has 0 bridgehead atoms. The fraction of sp³-hybridized carbons (Fsp3) is 0.857. The van der Waals surface area contributed by atoms with Gasteiger partial charge in [0.05, 0.1) is 6.61 Å². The van der Waals surface area contributed by atoms with Crippen LogP contribution in [0.1, 0.15) is 20.3 Å². The van der Waals surface area contributed by atoms with Crippen molar-refractivity contribution in [2.75, 3.05) is 6.61 Å². The van der Waals surface area contributed by atoms with Gasteiger partial charge >= 0.3 is 5.97 Å². The quantitative estimate of drug-likeness (QED) is 0.500. The average Bonchev–Trinajstić information content (AvgIpc) is 2.35. The molecule has 1 aliphatic rings. The highest BCUT2D eigenvalue weighted by Crippen LogP contribution is 2.64. The van der Waals surface area contributed by atoms with Crippen LogP contribution in [0.5, 0.6) is 0 Å². The Morgan fingerprint density at radius 2 is 2.09 bits per heavy atom. The van der Waals surface area contributed by atoms with Crippen LogP contribution in [0, 0.1) is 5.41 Å². The van der Waals surface area contributed by atoms with Crippen molar-refractivity contribution < 1.29 is 9.53 Å². The van der Waals surface area contributed by atoms with E-state index in [2.05, 4.69) is 0 Å². The summed E-state index contributed by atoms with van der Waals surface area (Å²) in [6, 6.07) is 0. The summed E-state index contributed by atoms with van der Waals surface area (Å²) in [6.45, 7) is 3.84. The summed E-state index contributed by atoms with van der Waals surface area (Å²) in [5.74, 6) is -0.301. The van der Waals surface area contributed by atoms with E-state index in [-0.39, 0.29) is 5.97 Å². The molecular weight excluding hydrogens is 187 g/mol. The first-order chi connectivity index (χ1) is 4.94. The number of carbonyl (C=O) groups is 1. The number of alkyl halides is 2. The van der Waals surface area contributed by atoms with E-state index < -0.39 is 9.75 Å². The van der Waals surface area contributed by atoms with Crippen LogP contribution >= 0.6 is 23.2 Å². The van der Waals surface area contributed by atoms with Crippen molar-refractivity contribution in [2.45, 2.75) is 24.6 Å². The number of hydrogen-bond donors (Lipinski definition) is 0. The number of halogens is 2. The van der Waals surface area contributed by atoms with Crippen LogP contribution in [-0.4, -0.2) is 16.9 Å². The van der Waals surface area contributed by atoms with Crippen molar-refractivity contribution in [1.82, 2.24) is 0 Å². The fourth-order valence-corrected chi connectivity index (χ4v) is 1.60. The average molecular weight is 197 g/mol. The van der Waals surface area contributed by atoms with E-state index in [0.29, 0.717) is 13.0 Å². The first kappa shape index (κ1) is 9.14. The van der Waals surface area contributed by atoms with Crippen LogP contribution in [-0.2, 0) is 9.53 Å². The van der Waals surface area contributed by atoms with Gasteiger partial charge in [-0.3, -0.25) is 4.79 Å². The molecule has 1 unspecified atom stereocenters. The van der Waals surface area contributed by atoms with E-state index in [0.717, 1.165) is 0 Å². The summed E-state index contributed by atoms with van der Waals surface area (Å²) in [5, 5.41) is 0. The van der Waals surface area contributed by atoms with Gasteiger partial charge in [0.2, 0.25) is 0 Å². The van der Waals surface area contributed by atoms with Crippen molar-refractivity contribution in [1.29, 1.82) is 0 Å². The molecule has 1 atom stereocenters. The van der Waals surface area contributed by atoms with Crippen LogP contribution in [0.15, 0.2) is 0 Å². The summed E-state index contributed by atoms with van der Waals surface area (Å²) in [4.78, 5) is 11.2. The molecule has 0 aromatic carbocycles. The normalized spacial score (nSPS) is 33.1. The van der Waals surface area contributed by atoms with E-state index in [1.165, 1.54) is 0 Å². The van der Waals surface area contributed by atoms with Crippen LogP contribution in [0.25, 0.3) is 0 Å². The molecule has 1 rings (SSSR count). The Morgan fingerprint density at radius 3 is 2.36 bits per heavy atom. The summed E-state index contributed by atoms with van der Waals surface area (Å²) in [6.07, 6.45) is 0.488. The highest BCUT2D eigenvalue weighted by molar-refractivity contribution is 6.53. The lowest BCUT2D eigenvalue weighted by Gasteiger charge is -2.09. The summed E-state index contributed by atoms with van der Waals surface area (Å²) in [7, 11) is 0. The molecule has 1 saturated carbocycles. The molecule has 0 aliphatic heterocycles. The van der Waals surface area contributed by atoms with Crippen molar-refractivity contribution >= 4 is 29.2 Å². The highest BCUT2D eigenvalue weighted by atomic mass is 35.5. The molecule has 1 fully saturated rings. The second kappa shape index (κ2) is 2.53. The van der Waals surface area contributed by atoms with Gasteiger partial charge in [0.15, 0.2) is 0 Å². The van der Waals surface area contributed by atoms with Gasteiger partial charge in [-0.2, -0.15) is 0 Å². The minimum absolute atomic E-state index is 0.301. The fourth-order valence-electron chi connectivity index (χ4n) is 0.912. The number of carbonyl (C=O) groups excluding carboxylic acids is 1. The summed E-state index contributed by atoms with van der Waals surface area (Å²) >= 11 is 11.5. The van der Waals surface area contributed by atoms with Crippen molar-refractivity contribution in [3.63, 3.8) is 0 Å². The van der Waals surface area contributed by atoms with E-state index in [1.807, 2.05) is 0 Å². The van der Waals surface area contributed by atoms with E-state index in [9.17, 15) is 4.79 Å². The molecule has 0 amide bonds. The van der Waals surface area contributed by atoms with Crippen molar-refractivity contribution in [3.8, 4) is 0 Å². The predicted octanol–water partition coefficient (Wildman–Crippen LogP) is 2.13. The zero-order chi connectivity index (χ0) is 8.70. The van der Waals surface area contributed by atoms with Crippen LogP contribution in [0.2, 0.25) is 0 Å². The summed E-state index contributed by atoms with van der Waals surface area (Å²) in [5.41, 5.74) is -0.674. The van der Waals surface area contributed by atoms with Gasteiger partial charge < -0.3 is 4.74 Å². The molecule has 0 radical (unpaired) electrons. The second-order valence-electron chi connectivity index (χ2n) is 2.93. The van der Waals surface area contributed by atoms with Crippen LogP contribution < -0.4 is 0 Å². The molecule has 0 N–H and O–H groups in total. The minimum atomic E-state index is -0.904. The van der Waals surface area contributed by atoms with Gasteiger partial charge in [-0.05, 0) is 13.8 Å². The molecule has 1 aliphatic carbocycles. The smallest absolute Gasteiger partial charge is 0.314 e. The molecular formula is C7H10Cl2O2. The highest BCUT2D eigenvalue weighted by Gasteiger charge is 2.69. The van der Waals surface area contributed by atoms with E-state index in [1.54, 1.807) is 13.8 Å². The Kier molecular flexibility index (Phi) is 2.10. The largest absolute Gasteiger partial charge is 0.465 e. The Balaban J connectivity index is 2.57. The first-order valence-electron chi connectivity index (χ1n) is 3.49. The lowest BCUT2D eigenvalue weighted by Crippen LogP contribution is -2.20. The van der Waals surface area contributed by atoms with E-state index in [4.69, 9.17) is 27.9 Å². The topological polar surface area (TPSA) is 26.3 Å². The molecule has 0 spiro atoms. The van der Waals surface area contributed by atoms with E-state index >= 15 is 0 Å². The Morgan fingerprint density at radius 1 is 1.64 bits per heavy atom. The van der Waals surface area contributed by atoms with Gasteiger partial charge in [0, 0.05) is 6.42 Å². The molecule has 64 valence electrons. The number of esters is 1. The monoisotopic (exact) mass is 196 g/mol. The van der Waals surface area contributed by atoms with Gasteiger partial charge in [0.1, 0.15) is 9.75 Å². The maximum absolute atomic E-state index is 11.2. The molecule has 11 heavy (non-hydrogen) atoms. The van der Waals surface area contributed by atoms with Crippen molar-refractivity contribution in [2.24, 2.45) is 5.41 Å². The lowest BCUT2D eigenvalue weighted by atomic mass is 10.1. The number of rotatable bonds is 2. The van der Waals surface area contributed by atoms with Gasteiger partial charge in [-0.1, -0.05) is 0 Å². The molecule has 0 aromatic heterocycles. The Labute approximate surface area is 75.8 Å². The molecule has 0 aromatic rings. The predicted molar refractivity (Wildman–Crippen MR) is 43.8 cm³/mol. The lowest BCUT2D eigenvalue weighted by molar-refractivity contribution is -0.149. The minimum Gasteiger partial charge on any atom is -0.465 e. The van der Waals surface area contributed by atoms with Gasteiger partial charge in [-0.25, -0.2) is 0 Å². The van der Waals surface area contributed by atoms with Gasteiger partial charge in [0.25, 0.3) is 0 Å². The van der Waals surface area contributed by atoms with Gasteiger partial charge in [-0.15, -0.1) is 23.2 Å². The standard InChI is InChI=1S/C7H10Cl2O2/c1-3-11-5(10)6(2)4-7(6,8)9/h3-4H2,1-2H3. The third-order valence-corrected chi connectivity index (χ3v) is 3.09. The number of hydrogen-bond acceptors (Lipinski definition) is 2. The third-order valence-electron chi connectivity index (χ3n) is 1.98. The zero-order valence-electron chi connectivity index (χ0n) is 6.49. The first-order valence-corrected chi connectivity index (χ1v) is 4.25. The van der Waals surface area contributed by atoms with Crippen LogP contribution in [0.4, 0.5) is 0 Å². The van der Waals surface area contributed by atoms with Crippen LogP contribution in [0.3, 0.4) is 0 Å². The Bertz CT molecular complexity index is 191. The Hall–Kier alpha value is 0.0500. The molecule has 0 saturated heterocycles. The maximum atomic E-state index is 11.2. The number of ether oxygens (including phenoxy) is 1. The molecule has 0 heterocycles. The molecule has 4 heteroatoms. The third kappa shape index (κ3) is 1.34. The summed E-state index contributed by atoms with van der Waals surface area (Å²) < 4.78 is 3.89.